The molecule has 0 unspecified atom stereocenters. The van der Waals surface area contributed by atoms with Crippen molar-refractivity contribution >= 4 is 39.7 Å². The molecule has 2 fully saturated rings. The molecule has 0 radical (unpaired) electrons. The molecule has 0 saturated carbocycles. The Morgan fingerprint density at radius 3 is 2.45 bits per heavy atom. The van der Waals surface area contributed by atoms with Gasteiger partial charge in [-0.25, -0.2) is 0 Å². The van der Waals surface area contributed by atoms with Crippen LogP contribution in [-0.4, -0.2) is 35.1 Å². The van der Waals surface area contributed by atoms with E-state index in [4.69, 9.17) is 0 Å². The molecule has 4 aliphatic rings. The lowest BCUT2D eigenvalue weighted by Gasteiger charge is -2.43. The van der Waals surface area contributed by atoms with E-state index in [2.05, 4.69) is 28.5 Å². The molecule has 8 rings (SSSR count). The first kappa shape index (κ1) is 23.6. The largest absolute Gasteiger partial charge is 0.325 e. The van der Waals surface area contributed by atoms with Crippen LogP contribution in [0.3, 0.4) is 0 Å². The Morgan fingerprint density at radius 1 is 0.850 bits per heavy atom. The quantitative estimate of drug-likeness (QED) is 0.349. The zero-order valence-electron chi connectivity index (χ0n) is 22.2. The van der Waals surface area contributed by atoms with Gasteiger partial charge in [-0.2, -0.15) is 0 Å². The van der Waals surface area contributed by atoms with Crippen molar-refractivity contribution in [3.8, 4) is 0 Å². The van der Waals surface area contributed by atoms with Crippen LogP contribution in [0.5, 0.6) is 0 Å². The van der Waals surface area contributed by atoms with Crippen molar-refractivity contribution in [1.29, 1.82) is 0 Å². The molecule has 6 heteroatoms. The number of hydrogen-bond donors (Lipinski definition) is 2. The van der Waals surface area contributed by atoms with Crippen LogP contribution < -0.4 is 10.6 Å². The number of rotatable bonds is 3. The number of nitrogens with one attached hydrogen (secondary N) is 2. The van der Waals surface area contributed by atoms with E-state index in [1.165, 1.54) is 0 Å². The summed E-state index contributed by atoms with van der Waals surface area (Å²) < 4.78 is 0. The van der Waals surface area contributed by atoms with Crippen LogP contribution in [-0.2, 0) is 27.0 Å². The zero-order chi connectivity index (χ0) is 27.2. The topological polar surface area (TPSA) is 78.5 Å². The number of hydrogen-bond acceptors (Lipinski definition) is 4. The second kappa shape index (κ2) is 8.12. The van der Waals surface area contributed by atoms with Crippen LogP contribution in [0.1, 0.15) is 46.8 Å². The van der Waals surface area contributed by atoms with Crippen LogP contribution in [0.25, 0.3) is 10.8 Å². The van der Waals surface area contributed by atoms with Gasteiger partial charge in [0, 0.05) is 28.5 Å². The third kappa shape index (κ3) is 2.65. The summed E-state index contributed by atoms with van der Waals surface area (Å²) >= 11 is 0. The second-order valence-corrected chi connectivity index (χ2v) is 11.5. The van der Waals surface area contributed by atoms with Gasteiger partial charge < -0.3 is 10.6 Å². The Labute approximate surface area is 232 Å². The maximum Gasteiger partial charge on any atom is 0.251 e. The molecule has 0 aromatic heterocycles. The molecule has 0 aliphatic carbocycles. The third-order valence-corrected chi connectivity index (χ3v) is 9.89. The summed E-state index contributed by atoms with van der Waals surface area (Å²) in [6.45, 7) is 2.73. The number of carbonyl (C=O) groups is 3. The summed E-state index contributed by atoms with van der Waals surface area (Å²) in [7, 11) is 0. The SMILES string of the molecule is CCc1ccc2c(c1)[C@]1(C(=O)N2)N2CCC[C@@H]2[C@@H](C(=O)c2ccc3ccccc3c2)[C@]12C(=O)Nc1ccccc12. The molecule has 2 spiro atoms. The standard InChI is InChI=1S/C34H29N3O3/c1-2-20-13-16-27-25(18-20)34(32(40)36-27)33(24-10-5-6-11-26(24)35-31(33)39)29(28-12-7-17-37(28)34)30(38)23-15-14-21-8-3-4-9-22(21)19-23/h3-6,8-11,13-16,18-19,28-29H,2,7,12,17H2,1H3,(H,35,39)(H,36,40)/t28-,29+,33-,34-/m1/s1. The number of carbonyl (C=O) groups excluding carboxylic acids is 3. The van der Waals surface area contributed by atoms with Crippen LogP contribution >= 0.6 is 0 Å². The summed E-state index contributed by atoms with van der Waals surface area (Å²) in [5.41, 5.74) is 1.87. The van der Waals surface area contributed by atoms with Crippen molar-refractivity contribution in [2.75, 3.05) is 17.2 Å². The maximum absolute atomic E-state index is 14.9. The maximum atomic E-state index is 14.9. The van der Waals surface area contributed by atoms with Gasteiger partial charge in [0.2, 0.25) is 5.91 Å². The van der Waals surface area contributed by atoms with E-state index in [0.29, 0.717) is 17.8 Å². The number of Topliss-reactive ketones (excluding diaryl/α,β-unsaturated/α-hetero) is 1. The normalized spacial score (nSPS) is 28.1. The Kier molecular flexibility index (Phi) is 4.79. The number of anilines is 2. The fourth-order valence-electron chi connectivity index (χ4n) is 8.37. The molecular formula is C34H29N3O3. The third-order valence-electron chi connectivity index (χ3n) is 9.89. The molecule has 2 N–H and O–H groups in total. The number of para-hydroxylation sites is 1. The van der Waals surface area contributed by atoms with Gasteiger partial charge >= 0.3 is 0 Å². The molecule has 40 heavy (non-hydrogen) atoms. The molecule has 4 aromatic rings. The lowest BCUT2D eigenvalue weighted by molar-refractivity contribution is -0.137. The molecule has 4 heterocycles. The zero-order valence-corrected chi connectivity index (χ0v) is 22.2. The van der Waals surface area contributed by atoms with Gasteiger partial charge in [0.05, 0.1) is 5.92 Å². The lowest BCUT2D eigenvalue weighted by Crippen LogP contribution is -2.62. The minimum absolute atomic E-state index is 0.0840. The van der Waals surface area contributed by atoms with Crippen LogP contribution in [0.15, 0.2) is 84.9 Å². The van der Waals surface area contributed by atoms with Crippen molar-refractivity contribution in [3.05, 3.63) is 107 Å². The molecule has 4 atom stereocenters. The highest BCUT2D eigenvalue weighted by atomic mass is 16.2. The van der Waals surface area contributed by atoms with Crippen molar-refractivity contribution in [2.45, 2.75) is 43.2 Å². The second-order valence-electron chi connectivity index (χ2n) is 11.5. The number of aryl methyl sites for hydroxylation is 1. The van der Waals surface area contributed by atoms with Crippen molar-refractivity contribution in [2.24, 2.45) is 5.92 Å². The summed E-state index contributed by atoms with van der Waals surface area (Å²) in [6, 6.07) is 27.2. The smallest absolute Gasteiger partial charge is 0.251 e. The van der Waals surface area contributed by atoms with E-state index >= 15 is 0 Å². The van der Waals surface area contributed by atoms with E-state index < -0.39 is 16.9 Å². The monoisotopic (exact) mass is 527 g/mol. The van der Waals surface area contributed by atoms with Crippen molar-refractivity contribution < 1.29 is 14.4 Å². The van der Waals surface area contributed by atoms with Gasteiger partial charge in [-0.3, -0.25) is 19.3 Å². The minimum atomic E-state index is -1.42. The predicted molar refractivity (Wildman–Crippen MR) is 154 cm³/mol. The highest BCUT2D eigenvalue weighted by molar-refractivity contribution is 6.21. The van der Waals surface area contributed by atoms with E-state index in [-0.39, 0.29) is 23.6 Å². The van der Waals surface area contributed by atoms with E-state index in [1.54, 1.807) is 0 Å². The first-order valence-corrected chi connectivity index (χ1v) is 14.2. The van der Waals surface area contributed by atoms with Crippen molar-refractivity contribution in [3.63, 3.8) is 0 Å². The Balaban J connectivity index is 1.45. The Morgan fingerprint density at radius 2 is 1.60 bits per heavy atom. The van der Waals surface area contributed by atoms with Gasteiger partial charge in [-0.1, -0.05) is 73.7 Å². The molecular weight excluding hydrogens is 498 g/mol. The van der Waals surface area contributed by atoms with E-state index in [1.807, 2.05) is 78.9 Å². The average Bonchev–Trinajstić information content (AvgIpc) is 3.70. The first-order valence-electron chi connectivity index (χ1n) is 14.2. The van der Waals surface area contributed by atoms with Crippen LogP contribution in [0.4, 0.5) is 11.4 Å². The van der Waals surface area contributed by atoms with E-state index in [0.717, 1.165) is 52.4 Å². The van der Waals surface area contributed by atoms with Gasteiger partial charge in [0.1, 0.15) is 11.0 Å². The van der Waals surface area contributed by atoms with Crippen LogP contribution in [0, 0.1) is 5.92 Å². The summed E-state index contributed by atoms with van der Waals surface area (Å²) in [4.78, 5) is 46.3. The molecule has 6 nitrogen and oxygen atoms in total. The molecule has 2 saturated heterocycles. The minimum Gasteiger partial charge on any atom is -0.325 e. The first-order chi connectivity index (χ1) is 19.5. The number of nitrogens with zero attached hydrogens (tertiary/aromatic N) is 1. The summed E-state index contributed by atoms with van der Waals surface area (Å²) in [6.07, 6.45) is 2.42. The van der Waals surface area contributed by atoms with Gasteiger partial charge in [-0.15, -0.1) is 0 Å². The van der Waals surface area contributed by atoms with Crippen LogP contribution in [0.2, 0.25) is 0 Å². The van der Waals surface area contributed by atoms with E-state index in [9.17, 15) is 14.4 Å². The summed E-state index contributed by atoms with van der Waals surface area (Å²) in [5.74, 6) is -1.31. The van der Waals surface area contributed by atoms with Crippen molar-refractivity contribution in [1.82, 2.24) is 4.90 Å². The summed E-state index contributed by atoms with van der Waals surface area (Å²) in [5, 5.41) is 8.30. The molecule has 4 aliphatic heterocycles. The molecule has 0 bridgehead atoms. The van der Waals surface area contributed by atoms with Gasteiger partial charge in [0.15, 0.2) is 5.78 Å². The average molecular weight is 528 g/mol. The Bertz CT molecular complexity index is 1780. The fourth-order valence-corrected chi connectivity index (χ4v) is 8.37. The highest BCUT2D eigenvalue weighted by Crippen LogP contribution is 2.67. The van der Waals surface area contributed by atoms with Gasteiger partial charge in [0.25, 0.3) is 5.91 Å². The Hall–Kier alpha value is -4.29. The van der Waals surface area contributed by atoms with Gasteiger partial charge in [-0.05, 0) is 65.9 Å². The lowest BCUT2D eigenvalue weighted by atomic mass is 9.57. The number of ketones is 1. The highest BCUT2D eigenvalue weighted by Gasteiger charge is 2.81. The number of amides is 2. The fraction of sp³-hybridized carbons (Fsp3) is 0.265. The predicted octanol–water partition coefficient (Wildman–Crippen LogP) is 5.42. The molecule has 4 aromatic carbocycles. The molecule has 2 amide bonds. The number of fused-ring (bicyclic) bond motifs is 8. The molecule has 198 valence electrons. The number of benzene rings is 4.